The van der Waals surface area contributed by atoms with Gasteiger partial charge in [0.1, 0.15) is 0 Å². The van der Waals surface area contributed by atoms with Crippen LogP contribution < -0.4 is 10.6 Å². The molecular formula is C16H24N2O. The second-order valence-corrected chi connectivity index (χ2v) is 6.01. The third-order valence-electron chi connectivity index (χ3n) is 4.54. The Morgan fingerprint density at radius 2 is 2.16 bits per heavy atom. The van der Waals surface area contributed by atoms with Crippen molar-refractivity contribution in [3.8, 4) is 0 Å². The average Bonchev–Trinajstić information content (AvgIpc) is 2.46. The van der Waals surface area contributed by atoms with Crippen LogP contribution in [0.4, 0.5) is 0 Å². The van der Waals surface area contributed by atoms with Crippen LogP contribution in [0.1, 0.15) is 36.5 Å². The summed E-state index contributed by atoms with van der Waals surface area (Å²) in [6, 6.07) is 6.72. The summed E-state index contributed by atoms with van der Waals surface area (Å²) >= 11 is 0. The van der Waals surface area contributed by atoms with E-state index in [-0.39, 0.29) is 5.54 Å². The fourth-order valence-corrected chi connectivity index (χ4v) is 3.08. The SMILES string of the molecule is CC1(NCc2cccc3c2CCNC3)CCOCC1. The number of rotatable bonds is 3. The van der Waals surface area contributed by atoms with Crippen molar-refractivity contribution in [2.24, 2.45) is 0 Å². The van der Waals surface area contributed by atoms with E-state index in [1.807, 2.05) is 0 Å². The maximum atomic E-state index is 5.46. The van der Waals surface area contributed by atoms with Gasteiger partial charge in [-0.1, -0.05) is 18.2 Å². The van der Waals surface area contributed by atoms with E-state index < -0.39 is 0 Å². The molecule has 1 aromatic carbocycles. The monoisotopic (exact) mass is 260 g/mol. The number of ether oxygens (including phenoxy) is 1. The Labute approximate surface area is 115 Å². The van der Waals surface area contributed by atoms with Gasteiger partial charge >= 0.3 is 0 Å². The fourth-order valence-electron chi connectivity index (χ4n) is 3.08. The minimum atomic E-state index is 0.244. The molecule has 2 N–H and O–H groups in total. The van der Waals surface area contributed by atoms with Crippen LogP contribution in [0, 0.1) is 0 Å². The third kappa shape index (κ3) is 2.99. The molecule has 3 heteroatoms. The summed E-state index contributed by atoms with van der Waals surface area (Å²) in [6.07, 6.45) is 3.39. The molecular weight excluding hydrogens is 236 g/mol. The summed E-state index contributed by atoms with van der Waals surface area (Å²) < 4.78 is 5.46. The Morgan fingerprint density at radius 3 is 3.00 bits per heavy atom. The topological polar surface area (TPSA) is 33.3 Å². The summed E-state index contributed by atoms with van der Waals surface area (Å²) in [4.78, 5) is 0. The van der Waals surface area contributed by atoms with Gasteiger partial charge in [-0.3, -0.25) is 0 Å². The van der Waals surface area contributed by atoms with E-state index in [4.69, 9.17) is 4.74 Å². The van der Waals surface area contributed by atoms with Crippen LogP contribution in [0.5, 0.6) is 0 Å². The molecule has 2 aliphatic rings. The second kappa shape index (κ2) is 5.61. The molecule has 0 radical (unpaired) electrons. The van der Waals surface area contributed by atoms with Gasteiger partial charge in [-0.15, -0.1) is 0 Å². The molecule has 3 rings (SSSR count). The molecule has 1 fully saturated rings. The summed E-state index contributed by atoms with van der Waals surface area (Å²) in [5, 5.41) is 7.21. The van der Waals surface area contributed by atoms with Crippen LogP contribution in [0.2, 0.25) is 0 Å². The zero-order chi connectivity index (χ0) is 13.1. The standard InChI is InChI=1S/C16H24N2O/c1-16(6-9-19-10-7-16)18-12-14-4-2-3-13-11-17-8-5-15(13)14/h2-4,17-18H,5-12H2,1H3. The van der Waals surface area contributed by atoms with Crippen molar-refractivity contribution in [3.05, 3.63) is 34.9 Å². The van der Waals surface area contributed by atoms with E-state index in [1.54, 1.807) is 5.56 Å². The van der Waals surface area contributed by atoms with Crippen molar-refractivity contribution in [1.82, 2.24) is 10.6 Å². The summed E-state index contributed by atoms with van der Waals surface area (Å²) in [6.45, 7) is 7.22. The summed E-state index contributed by atoms with van der Waals surface area (Å²) in [7, 11) is 0. The molecule has 104 valence electrons. The van der Waals surface area contributed by atoms with Crippen molar-refractivity contribution in [2.75, 3.05) is 19.8 Å². The van der Waals surface area contributed by atoms with E-state index >= 15 is 0 Å². The maximum absolute atomic E-state index is 5.46. The lowest BCUT2D eigenvalue weighted by Crippen LogP contribution is -2.46. The first-order chi connectivity index (χ1) is 9.27. The molecule has 0 spiro atoms. The molecule has 0 amide bonds. The molecule has 2 aliphatic heterocycles. The molecule has 1 saturated heterocycles. The first kappa shape index (κ1) is 13.1. The van der Waals surface area contributed by atoms with Crippen molar-refractivity contribution in [2.45, 2.75) is 44.8 Å². The Balaban J connectivity index is 1.69. The largest absolute Gasteiger partial charge is 0.381 e. The molecule has 19 heavy (non-hydrogen) atoms. The summed E-state index contributed by atoms with van der Waals surface area (Å²) in [5.41, 5.74) is 4.76. The van der Waals surface area contributed by atoms with Gasteiger partial charge in [-0.2, -0.15) is 0 Å². The molecule has 0 bridgehead atoms. The molecule has 0 aromatic heterocycles. The highest BCUT2D eigenvalue weighted by Crippen LogP contribution is 2.23. The van der Waals surface area contributed by atoms with E-state index in [0.29, 0.717) is 0 Å². The van der Waals surface area contributed by atoms with Crippen LogP contribution in [-0.2, 0) is 24.2 Å². The number of hydrogen-bond acceptors (Lipinski definition) is 3. The molecule has 0 unspecified atom stereocenters. The molecule has 2 heterocycles. The molecule has 0 aliphatic carbocycles. The third-order valence-corrected chi connectivity index (χ3v) is 4.54. The number of benzene rings is 1. The van der Waals surface area contributed by atoms with Gasteiger partial charge in [-0.25, -0.2) is 0 Å². The van der Waals surface area contributed by atoms with Gasteiger partial charge in [0, 0.05) is 31.8 Å². The Kier molecular flexibility index (Phi) is 3.87. The van der Waals surface area contributed by atoms with E-state index in [2.05, 4.69) is 35.8 Å². The van der Waals surface area contributed by atoms with Crippen molar-refractivity contribution in [1.29, 1.82) is 0 Å². The van der Waals surface area contributed by atoms with Crippen LogP contribution >= 0.6 is 0 Å². The molecule has 0 saturated carbocycles. The Bertz CT molecular complexity index is 438. The van der Waals surface area contributed by atoms with Crippen molar-refractivity contribution in [3.63, 3.8) is 0 Å². The molecule has 3 nitrogen and oxygen atoms in total. The van der Waals surface area contributed by atoms with Crippen LogP contribution in [-0.4, -0.2) is 25.3 Å². The first-order valence-electron chi connectivity index (χ1n) is 7.40. The number of fused-ring (bicyclic) bond motifs is 1. The normalized spacial score (nSPS) is 21.9. The van der Waals surface area contributed by atoms with Gasteiger partial charge in [0.05, 0.1) is 0 Å². The highest BCUT2D eigenvalue weighted by atomic mass is 16.5. The highest BCUT2D eigenvalue weighted by molar-refractivity contribution is 5.37. The number of hydrogen-bond donors (Lipinski definition) is 2. The van der Waals surface area contributed by atoms with E-state index in [0.717, 1.165) is 52.1 Å². The van der Waals surface area contributed by atoms with Gasteiger partial charge in [0.2, 0.25) is 0 Å². The minimum Gasteiger partial charge on any atom is -0.381 e. The maximum Gasteiger partial charge on any atom is 0.0483 e. The minimum absolute atomic E-state index is 0.244. The first-order valence-corrected chi connectivity index (χ1v) is 7.40. The summed E-state index contributed by atoms with van der Waals surface area (Å²) in [5.74, 6) is 0. The Hall–Kier alpha value is -0.900. The lowest BCUT2D eigenvalue weighted by Gasteiger charge is -2.35. The van der Waals surface area contributed by atoms with Crippen LogP contribution in [0.15, 0.2) is 18.2 Å². The van der Waals surface area contributed by atoms with E-state index in [9.17, 15) is 0 Å². The average molecular weight is 260 g/mol. The molecule has 0 atom stereocenters. The highest BCUT2D eigenvalue weighted by Gasteiger charge is 2.26. The van der Waals surface area contributed by atoms with Crippen LogP contribution in [0.25, 0.3) is 0 Å². The van der Waals surface area contributed by atoms with Gasteiger partial charge in [-0.05, 0) is 49.4 Å². The number of nitrogens with one attached hydrogen (secondary N) is 2. The van der Waals surface area contributed by atoms with Crippen LogP contribution in [0.3, 0.4) is 0 Å². The van der Waals surface area contributed by atoms with Crippen molar-refractivity contribution >= 4 is 0 Å². The van der Waals surface area contributed by atoms with Gasteiger partial charge in [0.25, 0.3) is 0 Å². The van der Waals surface area contributed by atoms with Gasteiger partial charge < -0.3 is 15.4 Å². The predicted molar refractivity (Wildman–Crippen MR) is 77.2 cm³/mol. The Morgan fingerprint density at radius 1 is 1.32 bits per heavy atom. The second-order valence-electron chi connectivity index (χ2n) is 6.01. The fraction of sp³-hybridized carbons (Fsp3) is 0.625. The quantitative estimate of drug-likeness (QED) is 0.872. The molecule has 1 aromatic rings. The predicted octanol–water partition coefficient (Wildman–Crippen LogP) is 1.99. The zero-order valence-electron chi connectivity index (χ0n) is 11.8. The van der Waals surface area contributed by atoms with Crippen molar-refractivity contribution < 1.29 is 4.74 Å². The zero-order valence-corrected chi connectivity index (χ0v) is 11.8. The lowest BCUT2D eigenvalue weighted by atomic mass is 9.91. The smallest absolute Gasteiger partial charge is 0.0483 e. The van der Waals surface area contributed by atoms with Gasteiger partial charge in [0.15, 0.2) is 0 Å². The lowest BCUT2D eigenvalue weighted by molar-refractivity contribution is 0.0446. The van der Waals surface area contributed by atoms with E-state index in [1.165, 1.54) is 11.1 Å².